The van der Waals surface area contributed by atoms with Crippen LogP contribution in [-0.4, -0.2) is 16.2 Å². The van der Waals surface area contributed by atoms with Gasteiger partial charge in [-0.25, -0.2) is 9.97 Å². The molecule has 0 spiro atoms. The maximum Gasteiger partial charge on any atom is 0.126 e. The Morgan fingerprint density at radius 1 is 0.829 bits per heavy atom. The normalized spacial score (nSPS) is 11.9. The molecule has 0 aliphatic carbocycles. The Balaban J connectivity index is 1.55. The molecular weight excluding hydrogens is 466 g/mol. The summed E-state index contributed by atoms with van der Waals surface area (Å²) in [5, 5.41) is 4.58. The Morgan fingerprint density at radius 2 is 1.63 bits per heavy atom. The van der Waals surface area contributed by atoms with Crippen molar-refractivity contribution in [3.8, 4) is 32.3 Å². The van der Waals surface area contributed by atoms with Crippen LogP contribution in [0.15, 0.2) is 102 Å². The van der Waals surface area contributed by atoms with E-state index in [2.05, 4.69) is 115 Å². The molecule has 174 valence electrons. The fraction of sp³-hybridized carbons (Fsp3) is 0.133. The van der Waals surface area contributed by atoms with Gasteiger partial charge in [-0.1, -0.05) is 66.2 Å². The highest BCUT2D eigenvalue weighted by Gasteiger charge is 2.17. The van der Waals surface area contributed by atoms with Crippen molar-refractivity contribution in [1.29, 1.82) is 0 Å². The zero-order valence-corrected chi connectivity index (χ0v) is 21.7. The van der Waals surface area contributed by atoms with Crippen LogP contribution in [0.5, 0.6) is 0 Å². The van der Waals surface area contributed by atoms with Gasteiger partial charge in [0.15, 0.2) is 0 Å². The Morgan fingerprint density at radius 3 is 2.37 bits per heavy atom. The Labute approximate surface area is 215 Å². The first kappa shape index (κ1) is 23.3. The molecule has 5 heteroatoms. The molecule has 2 heterocycles. The van der Waals surface area contributed by atoms with Gasteiger partial charge in [-0.05, 0) is 61.6 Å². The molecule has 0 saturated heterocycles. The number of nitrogens with zero attached hydrogens (tertiary/aromatic N) is 2. The zero-order chi connectivity index (χ0) is 24.2. The number of hydrogen-bond donors (Lipinski definition) is 1. The molecule has 3 aromatic carbocycles. The first-order chi connectivity index (χ1) is 17.1. The highest BCUT2D eigenvalue weighted by Crippen LogP contribution is 2.41. The molecule has 0 bridgehead atoms. The maximum absolute atomic E-state index is 5.13. The van der Waals surface area contributed by atoms with Crippen LogP contribution in [0.1, 0.15) is 24.1 Å². The first-order valence-corrected chi connectivity index (χ1v) is 13.6. The smallest absolute Gasteiger partial charge is 0.126 e. The van der Waals surface area contributed by atoms with E-state index >= 15 is 0 Å². The molecule has 2 aromatic heterocycles. The monoisotopic (exact) mass is 493 g/mol. The lowest BCUT2D eigenvalue weighted by atomic mass is 10.1. The summed E-state index contributed by atoms with van der Waals surface area (Å²) < 4.78 is 0. The molecule has 35 heavy (non-hydrogen) atoms. The lowest BCUT2D eigenvalue weighted by molar-refractivity contribution is 0.875. The van der Waals surface area contributed by atoms with Gasteiger partial charge in [0.25, 0.3) is 0 Å². The van der Waals surface area contributed by atoms with E-state index in [1.165, 1.54) is 16.0 Å². The maximum atomic E-state index is 5.13. The van der Waals surface area contributed by atoms with Crippen LogP contribution in [0.2, 0.25) is 0 Å². The van der Waals surface area contributed by atoms with Gasteiger partial charge in [0.2, 0.25) is 0 Å². The molecule has 5 aromatic rings. The number of nitrogens with one attached hydrogen (secondary N) is 1. The quantitative estimate of drug-likeness (QED) is 0.230. The second-order valence-corrected chi connectivity index (χ2v) is 10.4. The van der Waals surface area contributed by atoms with Gasteiger partial charge in [-0.15, -0.1) is 23.1 Å². The summed E-state index contributed by atoms with van der Waals surface area (Å²) in [5.41, 5.74) is 6.85. The topological polar surface area (TPSA) is 37.8 Å². The lowest BCUT2D eigenvalue weighted by Crippen LogP contribution is -2.07. The summed E-state index contributed by atoms with van der Waals surface area (Å²) >= 11 is 3.48. The summed E-state index contributed by atoms with van der Waals surface area (Å²) in [7, 11) is 0. The summed E-state index contributed by atoms with van der Waals surface area (Å²) in [6.45, 7) is 4.28. The summed E-state index contributed by atoms with van der Waals surface area (Å²) in [4.78, 5) is 12.1. The number of hydrogen-bond acceptors (Lipinski definition) is 5. The largest absolute Gasteiger partial charge is 0.364 e. The standard InChI is InChI=1S/C30H27N3S2/c1-20-8-7-11-24(18-20)28-29(35-30(33-28)23-12-14-26(34-3)15-13-23)25-16-17-31-27(19-25)32-21(2)22-9-5-4-6-10-22/h4-19,21H,1-3H3,(H,31,32)/t21-/m1/s1. The van der Waals surface area contributed by atoms with Crippen LogP contribution in [0.3, 0.4) is 0 Å². The number of aryl methyl sites for hydroxylation is 1. The number of anilines is 1. The molecule has 0 aliphatic rings. The number of benzene rings is 3. The zero-order valence-electron chi connectivity index (χ0n) is 20.0. The van der Waals surface area contributed by atoms with Crippen LogP contribution in [0, 0.1) is 6.92 Å². The molecule has 1 N–H and O–H groups in total. The number of thiazole rings is 1. The average Bonchev–Trinajstić information content (AvgIpc) is 3.35. The van der Waals surface area contributed by atoms with Gasteiger partial charge in [0.1, 0.15) is 10.8 Å². The summed E-state index contributed by atoms with van der Waals surface area (Å²) in [5.74, 6) is 0.855. The number of thioether (sulfide) groups is 1. The van der Waals surface area contributed by atoms with Crippen LogP contribution in [0.4, 0.5) is 5.82 Å². The third kappa shape index (κ3) is 5.31. The molecule has 0 unspecified atom stereocenters. The van der Waals surface area contributed by atoms with E-state index < -0.39 is 0 Å². The number of aromatic nitrogens is 2. The van der Waals surface area contributed by atoms with Gasteiger partial charge >= 0.3 is 0 Å². The highest BCUT2D eigenvalue weighted by atomic mass is 32.2. The van der Waals surface area contributed by atoms with E-state index in [4.69, 9.17) is 4.98 Å². The van der Waals surface area contributed by atoms with E-state index in [0.717, 1.165) is 38.1 Å². The minimum Gasteiger partial charge on any atom is -0.364 e. The number of pyridine rings is 1. The van der Waals surface area contributed by atoms with E-state index in [1.807, 2.05) is 12.3 Å². The summed E-state index contributed by atoms with van der Waals surface area (Å²) in [6, 6.07) is 32.0. The van der Waals surface area contributed by atoms with Crippen LogP contribution >= 0.6 is 23.1 Å². The number of rotatable bonds is 7. The SMILES string of the molecule is CSc1ccc(-c2nc(-c3cccc(C)c3)c(-c3ccnc(N[C@H](C)c4ccccc4)c3)s2)cc1. The van der Waals surface area contributed by atoms with E-state index in [-0.39, 0.29) is 6.04 Å². The molecule has 1 atom stereocenters. The Kier molecular flexibility index (Phi) is 6.98. The average molecular weight is 494 g/mol. The third-order valence-corrected chi connectivity index (χ3v) is 7.84. The molecule has 0 radical (unpaired) electrons. The highest BCUT2D eigenvalue weighted by molar-refractivity contribution is 7.98. The third-order valence-electron chi connectivity index (χ3n) is 5.94. The van der Waals surface area contributed by atoms with Crippen LogP contribution in [0.25, 0.3) is 32.3 Å². The van der Waals surface area contributed by atoms with E-state index in [1.54, 1.807) is 23.1 Å². The van der Waals surface area contributed by atoms with Gasteiger partial charge in [0, 0.05) is 28.3 Å². The van der Waals surface area contributed by atoms with Crippen molar-refractivity contribution >= 4 is 28.9 Å². The van der Waals surface area contributed by atoms with E-state index in [0.29, 0.717) is 0 Å². The second kappa shape index (κ2) is 10.5. The molecular formula is C30H27N3S2. The molecule has 0 fully saturated rings. The molecule has 0 amide bonds. The predicted octanol–water partition coefficient (Wildman–Crippen LogP) is 8.74. The lowest BCUT2D eigenvalue weighted by Gasteiger charge is -2.15. The fourth-order valence-electron chi connectivity index (χ4n) is 4.06. The van der Waals surface area contributed by atoms with Crippen LogP contribution < -0.4 is 5.32 Å². The van der Waals surface area contributed by atoms with Gasteiger partial charge in [-0.2, -0.15) is 0 Å². The van der Waals surface area contributed by atoms with Gasteiger partial charge in [-0.3, -0.25) is 0 Å². The minimum atomic E-state index is 0.155. The van der Waals surface area contributed by atoms with Gasteiger partial charge in [0.05, 0.1) is 10.6 Å². The van der Waals surface area contributed by atoms with Crippen LogP contribution in [-0.2, 0) is 0 Å². The van der Waals surface area contributed by atoms with Gasteiger partial charge < -0.3 is 5.32 Å². The molecule has 5 rings (SSSR count). The Hall–Kier alpha value is -3.41. The first-order valence-electron chi connectivity index (χ1n) is 11.6. The van der Waals surface area contributed by atoms with Crippen molar-refractivity contribution in [3.63, 3.8) is 0 Å². The molecule has 0 saturated carbocycles. The molecule has 3 nitrogen and oxygen atoms in total. The minimum absolute atomic E-state index is 0.155. The molecule has 0 aliphatic heterocycles. The fourth-order valence-corrected chi connectivity index (χ4v) is 5.56. The van der Waals surface area contributed by atoms with E-state index in [9.17, 15) is 0 Å². The summed E-state index contributed by atoms with van der Waals surface area (Å²) in [6.07, 6.45) is 3.97. The van der Waals surface area contributed by atoms with Crippen molar-refractivity contribution in [3.05, 3.63) is 108 Å². The van der Waals surface area contributed by atoms with Crippen molar-refractivity contribution in [2.24, 2.45) is 0 Å². The predicted molar refractivity (Wildman–Crippen MR) is 151 cm³/mol. The van der Waals surface area contributed by atoms with Crippen molar-refractivity contribution < 1.29 is 0 Å². The van der Waals surface area contributed by atoms with Crippen molar-refractivity contribution in [2.75, 3.05) is 11.6 Å². The Bertz CT molecular complexity index is 1430. The van der Waals surface area contributed by atoms with Crippen molar-refractivity contribution in [1.82, 2.24) is 9.97 Å². The van der Waals surface area contributed by atoms with Crippen molar-refractivity contribution in [2.45, 2.75) is 24.8 Å². The second-order valence-electron chi connectivity index (χ2n) is 8.50.